The molecule has 2 heterocycles. The van der Waals surface area contributed by atoms with E-state index in [1.54, 1.807) is 6.07 Å². The van der Waals surface area contributed by atoms with E-state index < -0.39 is 9.84 Å². The first kappa shape index (κ1) is 12.6. The van der Waals surface area contributed by atoms with Gasteiger partial charge in [0.15, 0.2) is 0 Å². The molecule has 0 unspecified atom stereocenters. The van der Waals surface area contributed by atoms with E-state index >= 15 is 0 Å². The first-order valence-corrected chi connectivity index (χ1v) is 7.45. The van der Waals surface area contributed by atoms with Crippen molar-refractivity contribution in [3.63, 3.8) is 0 Å². The summed E-state index contributed by atoms with van der Waals surface area (Å²) in [6.07, 6.45) is 2.56. The Balaban J connectivity index is 2.09. The van der Waals surface area contributed by atoms with Crippen LogP contribution in [-0.4, -0.2) is 30.9 Å². The highest BCUT2D eigenvalue weighted by Gasteiger charge is 2.24. The quantitative estimate of drug-likeness (QED) is 0.808. The number of nitrogens with zero attached hydrogens (tertiary/aromatic N) is 2. The van der Waals surface area contributed by atoms with Gasteiger partial charge < -0.3 is 11.1 Å². The third-order valence-electron chi connectivity index (χ3n) is 2.92. The second kappa shape index (κ2) is 4.82. The van der Waals surface area contributed by atoms with E-state index in [2.05, 4.69) is 10.3 Å². The number of nitrogen functional groups attached to an aromatic ring is 1. The smallest absolute Gasteiger partial charge is 0.150 e. The van der Waals surface area contributed by atoms with Crippen LogP contribution < -0.4 is 11.1 Å². The molecule has 6 nitrogen and oxygen atoms in total. The van der Waals surface area contributed by atoms with Crippen molar-refractivity contribution in [1.29, 1.82) is 5.26 Å². The predicted molar refractivity (Wildman–Crippen MR) is 68.7 cm³/mol. The molecule has 0 atom stereocenters. The van der Waals surface area contributed by atoms with Crippen molar-refractivity contribution >= 4 is 21.3 Å². The van der Waals surface area contributed by atoms with Crippen molar-refractivity contribution < 1.29 is 8.42 Å². The summed E-state index contributed by atoms with van der Waals surface area (Å²) in [7, 11) is -2.88. The molecular formula is C11H14N4O2S. The molecule has 0 radical (unpaired) electrons. The maximum atomic E-state index is 11.3. The first-order chi connectivity index (χ1) is 8.50. The zero-order valence-electron chi connectivity index (χ0n) is 9.76. The van der Waals surface area contributed by atoms with Crippen molar-refractivity contribution in [2.24, 2.45) is 0 Å². The first-order valence-electron chi connectivity index (χ1n) is 5.63. The molecule has 18 heavy (non-hydrogen) atoms. The van der Waals surface area contributed by atoms with E-state index in [4.69, 9.17) is 11.0 Å². The van der Waals surface area contributed by atoms with Crippen LogP contribution in [0.3, 0.4) is 0 Å². The highest BCUT2D eigenvalue weighted by atomic mass is 32.2. The molecule has 0 amide bonds. The lowest BCUT2D eigenvalue weighted by molar-refractivity contribution is 0.559. The van der Waals surface area contributed by atoms with Gasteiger partial charge in [0, 0.05) is 6.04 Å². The van der Waals surface area contributed by atoms with Crippen molar-refractivity contribution in [3.05, 3.63) is 17.8 Å². The molecule has 96 valence electrons. The third kappa shape index (κ3) is 2.90. The molecule has 0 saturated carbocycles. The molecule has 1 aliphatic rings. The number of hydrogen-bond donors (Lipinski definition) is 2. The van der Waals surface area contributed by atoms with Gasteiger partial charge in [-0.25, -0.2) is 13.4 Å². The summed E-state index contributed by atoms with van der Waals surface area (Å²) in [5.41, 5.74) is 6.36. The fourth-order valence-corrected chi connectivity index (χ4v) is 3.40. The number of nitriles is 1. The van der Waals surface area contributed by atoms with Gasteiger partial charge in [-0.1, -0.05) is 0 Å². The Morgan fingerprint density at radius 3 is 2.72 bits per heavy atom. The summed E-state index contributed by atoms with van der Waals surface area (Å²) < 4.78 is 22.6. The van der Waals surface area contributed by atoms with Crippen molar-refractivity contribution in [3.8, 4) is 6.07 Å². The van der Waals surface area contributed by atoms with E-state index in [1.165, 1.54) is 6.20 Å². The predicted octanol–water partition coefficient (Wildman–Crippen LogP) is 0.525. The summed E-state index contributed by atoms with van der Waals surface area (Å²) in [6.45, 7) is 0. The molecule has 0 bridgehead atoms. The highest BCUT2D eigenvalue weighted by Crippen LogP contribution is 2.20. The molecule has 1 aromatic rings. The van der Waals surface area contributed by atoms with Gasteiger partial charge in [0.05, 0.1) is 29.0 Å². The maximum absolute atomic E-state index is 11.3. The van der Waals surface area contributed by atoms with Crippen LogP contribution in [0.5, 0.6) is 0 Å². The minimum absolute atomic E-state index is 0.0387. The van der Waals surface area contributed by atoms with Crippen LogP contribution in [0, 0.1) is 11.3 Å². The molecule has 1 aliphatic heterocycles. The van der Waals surface area contributed by atoms with E-state index in [-0.39, 0.29) is 17.5 Å². The Morgan fingerprint density at radius 1 is 1.44 bits per heavy atom. The van der Waals surface area contributed by atoms with Gasteiger partial charge in [-0.05, 0) is 18.9 Å². The molecule has 3 N–H and O–H groups in total. The summed E-state index contributed by atoms with van der Waals surface area (Å²) in [5, 5.41) is 12.1. The van der Waals surface area contributed by atoms with E-state index in [1.807, 2.05) is 6.07 Å². The zero-order valence-corrected chi connectivity index (χ0v) is 10.6. The van der Waals surface area contributed by atoms with Crippen LogP contribution in [0.1, 0.15) is 18.4 Å². The number of nitrogens with one attached hydrogen (secondary N) is 1. The van der Waals surface area contributed by atoms with Crippen LogP contribution in [-0.2, 0) is 9.84 Å². The third-order valence-corrected chi connectivity index (χ3v) is 4.64. The van der Waals surface area contributed by atoms with E-state index in [0.29, 0.717) is 29.9 Å². The number of rotatable bonds is 2. The SMILES string of the molecule is N#Cc1cc(N)cnc1NC1CCS(=O)(=O)CC1. The Kier molecular flexibility index (Phi) is 3.39. The Morgan fingerprint density at radius 2 is 2.11 bits per heavy atom. The zero-order chi connectivity index (χ0) is 13.2. The Labute approximate surface area is 106 Å². The molecule has 1 saturated heterocycles. The fraction of sp³-hybridized carbons (Fsp3) is 0.455. The molecule has 2 rings (SSSR count). The number of aromatic nitrogens is 1. The standard InChI is InChI=1S/C11H14N4O2S/c12-6-8-5-9(13)7-14-11(8)15-10-1-3-18(16,17)4-2-10/h5,7,10H,1-4,13H2,(H,14,15). The lowest BCUT2D eigenvalue weighted by Crippen LogP contribution is -2.32. The minimum Gasteiger partial charge on any atom is -0.397 e. The second-order valence-corrected chi connectivity index (χ2v) is 6.65. The summed E-state index contributed by atoms with van der Waals surface area (Å²) in [6, 6.07) is 3.61. The molecule has 1 fully saturated rings. The lowest BCUT2D eigenvalue weighted by atomic mass is 10.1. The number of pyridine rings is 1. The van der Waals surface area contributed by atoms with E-state index in [0.717, 1.165) is 0 Å². The van der Waals surface area contributed by atoms with Crippen LogP contribution in [0.15, 0.2) is 12.3 Å². The molecule has 1 aromatic heterocycles. The summed E-state index contributed by atoms with van der Waals surface area (Å²) >= 11 is 0. The number of anilines is 2. The summed E-state index contributed by atoms with van der Waals surface area (Å²) in [4.78, 5) is 4.07. The van der Waals surface area contributed by atoms with Crippen LogP contribution >= 0.6 is 0 Å². The van der Waals surface area contributed by atoms with Crippen LogP contribution in [0.4, 0.5) is 11.5 Å². The monoisotopic (exact) mass is 266 g/mol. The molecule has 7 heteroatoms. The van der Waals surface area contributed by atoms with Gasteiger partial charge in [0.1, 0.15) is 21.7 Å². The largest absolute Gasteiger partial charge is 0.397 e. The molecule has 0 aliphatic carbocycles. The molecule has 0 spiro atoms. The normalized spacial score (nSPS) is 19.1. The van der Waals surface area contributed by atoms with Crippen molar-refractivity contribution in [2.75, 3.05) is 22.6 Å². The van der Waals surface area contributed by atoms with Gasteiger partial charge in [-0.15, -0.1) is 0 Å². The summed E-state index contributed by atoms with van der Waals surface area (Å²) in [5.74, 6) is 0.833. The number of hydrogen-bond acceptors (Lipinski definition) is 6. The topological polar surface area (TPSA) is 109 Å². The Bertz CT molecular complexity index is 578. The second-order valence-electron chi connectivity index (χ2n) is 4.35. The number of sulfone groups is 1. The van der Waals surface area contributed by atoms with Gasteiger partial charge in [-0.3, -0.25) is 0 Å². The number of nitrogens with two attached hydrogens (primary N) is 1. The van der Waals surface area contributed by atoms with Gasteiger partial charge in [0.2, 0.25) is 0 Å². The van der Waals surface area contributed by atoms with Gasteiger partial charge in [-0.2, -0.15) is 5.26 Å². The van der Waals surface area contributed by atoms with Crippen molar-refractivity contribution in [1.82, 2.24) is 4.98 Å². The Hall–Kier alpha value is -1.81. The minimum atomic E-state index is -2.88. The lowest BCUT2D eigenvalue weighted by Gasteiger charge is -2.23. The van der Waals surface area contributed by atoms with Crippen molar-refractivity contribution in [2.45, 2.75) is 18.9 Å². The molecular weight excluding hydrogens is 252 g/mol. The van der Waals surface area contributed by atoms with Gasteiger partial charge in [0.25, 0.3) is 0 Å². The van der Waals surface area contributed by atoms with E-state index in [9.17, 15) is 8.42 Å². The average Bonchev–Trinajstić information content (AvgIpc) is 2.34. The fourth-order valence-electron chi connectivity index (χ4n) is 1.91. The molecule has 0 aromatic carbocycles. The average molecular weight is 266 g/mol. The van der Waals surface area contributed by atoms with Gasteiger partial charge >= 0.3 is 0 Å². The maximum Gasteiger partial charge on any atom is 0.150 e. The van der Waals surface area contributed by atoms with Crippen LogP contribution in [0.25, 0.3) is 0 Å². The van der Waals surface area contributed by atoms with Crippen LogP contribution in [0.2, 0.25) is 0 Å². The highest BCUT2D eigenvalue weighted by molar-refractivity contribution is 7.91.